The molecule has 0 spiro atoms. The minimum atomic E-state index is -0.233. The number of hydrogen-bond donors (Lipinski definition) is 2. The maximum Gasteiger partial charge on any atom is 0.255 e. The zero-order valence-corrected chi connectivity index (χ0v) is 17.3. The maximum atomic E-state index is 12.5. The van der Waals surface area contributed by atoms with E-state index in [4.69, 9.17) is 4.74 Å². The third-order valence-electron chi connectivity index (χ3n) is 5.10. The van der Waals surface area contributed by atoms with Gasteiger partial charge in [0.05, 0.1) is 19.3 Å². The number of carbonyl (C=O) groups excluding carboxylic acids is 2. The molecule has 2 N–H and O–H groups in total. The van der Waals surface area contributed by atoms with E-state index in [0.717, 1.165) is 13.1 Å². The summed E-state index contributed by atoms with van der Waals surface area (Å²) in [5, 5.41) is 5.76. The van der Waals surface area contributed by atoms with E-state index >= 15 is 0 Å². The molecule has 0 bridgehead atoms. The molecule has 0 aromatic heterocycles. The predicted molar refractivity (Wildman–Crippen MR) is 115 cm³/mol. The quantitative estimate of drug-likeness (QED) is 0.779. The van der Waals surface area contributed by atoms with Gasteiger partial charge in [-0.2, -0.15) is 0 Å². The number of benzene rings is 2. The van der Waals surface area contributed by atoms with Crippen molar-refractivity contribution in [3.05, 3.63) is 54.1 Å². The number of nitrogens with zero attached hydrogens (tertiary/aromatic N) is 1. The number of piperidine rings is 1. The summed E-state index contributed by atoms with van der Waals surface area (Å²) in [6.45, 7) is 6.77. The first-order valence-electron chi connectivity index (χ1n) is 10.0. The van der Waals surface area contributed by atoms with Crippen LogP contribution in [-0.4, -0.2) is 43.5 Å². The molecule has 2 atom stereocenters. The van der Waals surface area contributed by atoms with Gasteiger partial charge in [-0.1, -0.05) is 26.0 Å². The van der Waals surface area contributed by atoms with Gasteiger partial charge in [-0.05, 0) is 54.7 Å². The number of nitrogens with one attached hydrogen (secondary N) is 2. The van der Waals surface area contributed by atoms with Crippen LogP contribution in [0.1, 0.15) is 30.6 Å². The van der Waals surface area contributed by atoms with Gasteiger partial charge in [-0.15, -0.1) is 0 Å². The van der Waals surface area contributed by atoms with Crippen LogP contribution in [0.2, 0.25) is 0 Å². The SMILES string of the molecule is COc1ccccc1NC(=O)c1ccc(NC(=O)CN2C[C@@H](C)C[C@H](C)C2)cc1. The van der Waals surface area contributed by atoms with Crippen LogP contribution in [0.4, 0.5) is 11.4 Å². The molecular weight excluding hydrogens is 366 g/mol. The molecule has 1 aliphatic rings. The first-order chi connectivity index (χ1) is 13.9. The summed E-state index contributed by atoms with van der Waals surface area (Å²) < 4.78 is 5.25. The fraction of sp³-hybridized carbons (Fsp3) is 0.391. The Hall–Kier alpha value is -2.86. The fourth-order valence-electron chi connectivity index (χ4n) is 3.97. The average molecular weight is 396 g/mol. The number of para-hydroxylation sites is 2. The first kappa shape index (κ1) is 20.9. The maximum absolute atomic E-state index is 12.5. The number of methoxy groups -OCH3 is 1. The minimum Gasteiger partial charge on any atom is -0.495 e. The van der Waals surface area contributed by atoms with E-state index in [1.165, 1.54) is 6.42 Å². The van der Waals surface area contributed by atoms with E-state index in [0.29, 0.717) is 41.1 Å². The van der Waals surface area contributed by atoms with Crippen molar-refractivity contribution in [3.8, 4) is 5.75 Å². The lowest BCUT2D eigenvalue weighted by Gasteiger charge is -2.34. The van der Waals surface area contributed by atoms with Gasteiger partial charge in [-0.3, -0.25) is 14.5 Å². The summed E-state index contributed by atoms with van der Waals surface area (Å²) >= 11 is 0. The fourth-order valence-corrected chi connectivity index (χ4v) is 3.97. The van der Waals surface area contributed by atoms with Crippen molar-refractivity contribution in [2.24, 2.45) is 11.8 Å². The number of hydrogen-bond acceptors (Lipinski definition) is 4. The van der Waals surface area contributed by atoms with Gasteiger partial charge < -0.3 is 15.4 Å². The van der Waals surface area contributed by atoms with Crippen LogP contribution < -0.4 is 15.4 Å². The van der Waals surface area contributed by atoms with Crippen LogP contribution in [-0.2, 0) is 4.79 Å². The van der Waals surface area contributed by atoms with Crippen molar-refractivity contribution in [3.63, 3.8) is 0 Å². The molecule has 1 saturated heterocycles. The largest absolute Gasteiger partial charge is 0.495 e. The van der Waals surface area contributed by atoms with Gasteiger partial charge in [0.15, 0.2) is 0 Å². The van der Waals surface area contributed by atoms with Crippen LogP contribution in [0.15, 0.2) is 48.5 Å². The Labute approximate surface area is 172 Å². The van der Waals surface area contributed by atoms with Crippen molar-refractivity contribution in [1.82, 2.24) is 4.90 Å². The van der Waals surface area contributed by atoms with Crippen molar-refractivity contribution >= 4 is 23.2 Å². The summed E-state index contributed by atoms with van der Waals surface area (Å²) in [6, 6.07) is 14.1. The Balaban J connectivity index is 1.55. The lowest BCUT2D eigenvalue weighted by Crippen LogP contribution is -2.42. The second kappa shape index (κ2) is 9.56. The molecule has 2 aromatic carbocycles. The van der Waals surface area contributed by atoms with E-state index in [2.05, 4.69) is 29.4 Å². The Morgan fingerprint density at radius 3 is 2.31 bits per heavy atom. The lowest BCUT2D eigenvalue weighted by molar-refractivity contribution is -0.117. The number of carbonyl (C=O) groups is 2. The molecule has 3 rings (SSSR count). The summed E-state index contributed by atoms with van der Waals surface area (Å²) in [5.74, 6) is 1.58. The Morgan fingerprint density at radius 1 is 1.00 bits per heavy atom. The molecule has 1 heterocycles. The topological polar surface area (TPSA) is 70.7 Å². The highest BCUT2D eigenvalue weighted by Gasteiger charge is 2.23. The third-order valence-corrected chi connectivity index (χ3v) is 5.10. The second-order valence-electron chi connectivity index (χ2n) is 7.92. The smallest absolute Gasteiger partial charge is 0.255 e. The zero-order chi connectivity index (χ0) is 20.8. The molecule has 2 amide bonds. The van der Waals surface area contributed by atoms with Gasteiger partial charge in [0, 0.05) is 24.3 Å². The second-order valence-corrected chi connectivity index (χ2v) is 7.92. The van der Waals surface area contributed by atoms with E-state index in [9.17, 15) is 9.59 Å². The number of amides is 2. The monoisotopic (exact) mass is 395 g/mol. The van der Waals surface area contributed by atoms with Crippen LogP contribution in [0, 0.1) is 11.8 Å². The van der Waals surface area contributed by atoms with E-state index in [1.807, 2.05) is 12.1 Å². The van der Waals surface area contributed by atoms with E-state index in [-0.39, 0.29) is 11.8 Å². The summed E-state index contributed by atoms with van der Waals surface area (Å²) in [7, 11) is 1.56. The van der Waals surface area contributed by atoms with Crippen LogP contribution in [0.5, 0.6) is 5.75 Å². The number of ether oxygens (including phenoxy) is 1. The molecule has 0 radical (unpaired) electrons. The highest BCUT2D eigenvalue weighted by Crippen LogP contribution is 2.24. The highest BCUT2D eigenvalue weighted by molar-refractivity contribution is 6.05. The summed E-state index contributed by atoms with van der Waals surface area (Å²) in [5.41, 5.74) is 1.80. The molecule has 29 heavy (non-hydrogen) atoms. The zero-order valence-electron chi connectivity index (χ0n) is 17.3. The Morgan fingerprint density at radius 2 is 1.66 bits per heavy atom. The Kier molecular flexibility index (Phi) is 6.88. The van der Waals surface area contributed by atoms with Crippen molar-refractivity contribution < 1.29 is 14.3 Å². The van der Waals surface area contributed by atoms with Gasteiger partial charge >= 0.3 is 0 Å². The number of rotatable bonds is 6. The minimum absolute atomic E-state index is 0.0301. The predicted octanol–water partition coefficient (Wildman–Crippen LogP) is 3.86. The third kappa shape index (κ3) is 5.81. The van der Waals surface area contributed by atoms with Gasteiger partial charge in [0.2, 0.25) is 5.91 Å². The summed E-state index contributed by atoms with van der Waals surface area (Å²) in [4.78, 5) is 27.1. The molecule has 0 aliphatic carbocycles. The molecule has 6 heteroatoms. The van der Waals surface area contributed by atoms with E-state index in [1.54, 1.807) is 43.5 Å². The molecule has 1 aliphatic heterocycles. The molecule has 0 unspecified atom stereocenters. The van der Waals surface area contributed by atoms with Crippen LogP contribution in [0.3, 0.4) is 0 Å². The average Bonchev–Trinajstić information content (AvgIpc) is 2.68. The van der Waals surface area contributed by atoms with E-state index < -0.39 is 0 Å². The molecule has 1 fully saturated rings. The first-order valence-corrected chi connectivity index (χ1v) is 10.0. The van der Waals surface area contributed by atoms with Crippen LogP contribution in [0.25, 0.3) is 0 Å². The lowest BCUT2D eigenvalue weighted by atomic mass is 9.92. The molecular formula is C23H29N3O3. The number of likely N-dealkylation sites (tertiary alicyclic amines) is 1. The van der Waals surface area contributed by atoms with Crippen molar-refractivity contribution in [2.75, 3.05) is 37.4 Å². The normalized spacial score (nSPS) is 19.4. The molecule has 6 nitrogen and oxygen atoms in total. The molecule has 0 saturated carbocycles. The van der Waals surface area contributed by atoms with Gasteiger partial charge in [0.1, 0.15) is 5.75 Å². The molecule has 154 valence electrons. The summed E-state index contributed by atoms with van der Waals surface area (Å²) in [6.07, 6.45) is 1.22. The Bertz CT molecular complexity index is 841. The van der Waals surface area contributed by atoms with Crippen molar-refractivity contribution in [2.45, 2.75) is 20.3 Å². The van der Waals surface area contributed by atoms with Gasteiger partial charge in [-0.25, -0.2) is 0 Å². The van der Waals surface area contributed by atoms with Crippen molar-refractivity contribution in [1.29, 1.82) is 0 Å². The highest BCUT2D eigenvalue weighted by atomic mass is 16.5. The molecule has 2 aromatic rings. The van der Waals surface area contributed by atoms with Crippen LogP contribution >= 0.6 is 0 Å². The number of anilines is 2. The van der Waals surface area contributed by atoms with Gasteiger partial charge in [0.25, 0.3) is 5.91 Å². The standard InChI is InChI=1S/C23H29N3O3/c1-16-12-17(2)14-26(13-16)15-22(27)24-19-10-8-18(9-11-19)23(28)25-20-6-4-5-7-21(20)29-3/h4-11,16-17H,12-15H2,1-3H3,(H,24,27)(H,25,28)/t16-,17-/m0/s1.